The van der Waals surface area contributed by atoms with Crippen LogP contribution in [0, 0.1) is 0 Å². The summed E-state index contributed by atoms with van der Waals surface area (Å²) in [5.41, 5.74) is 1.16. The molecule has 0 N–H and O–H groups in total. The minimum atomic E-state index is 0.107. The van der Waals surface area contributed by atoms with Crippen LogP contribution in [0.4, 0.5) is 0 Å². The molecular weight excluding hydrogens is 230 g/mol. The van der Waals surface area contributed by atoms with Crippen LogP contribution < -0.4 is 0 Å². The summed E-state index contributed by atoms with van der Waals surface area (Å²) in [6.45, 7) is 1.83. The number of hydrogen-bond donors (Lipinski definition) is 0. The molecule has 1 amide bonds. The first-order chi connectivity index (χ1) is 8.83. The Hall–Kier alpha value is -1.39. The summed E-state index contributed by atoms with van der Waals surface area (Å²) in [7, 11) is 1.65. The maximum Gasteiger partial charge on any atom is 0.210 e. The Bertz CT molecular complexity index is 369. The van der Waals surface area contributed by atoms with Crippen LogP contribution in [0.3, 0.4) is 0 Å². The van der Waals surface area contributed by atoms with Gasteiger partial charge in [0.2, 0.25) is 6.41 Å². The number of carbonyl (C=O) groups excluding carboxylic acids is 1. The number of rotatable bonds is 6. The molecule has 2 atom stereocenters. The minimum absolute atomic E-state index is 0.107. The summed E-state index contributed by atoms with van der Waals surface area (Å²) in [5.74, 6) is 0. The summed E-state index contributed by atoms with van der Waals surface area (Å²) < 4.78 is 11.0. The fraction of sp³-hybridized carbons (Fsp3) is 0.500. The van der Waals surface area contributed by atoms with Crippen molar-refractivity contribution in [1.29, 1.82) is 0 Å². The molecule has 1 heterocycles. The molecule has 1 saturated heterocycles. The number of carbonyl (C=O) groups is 1. The average molecular weight is 249 g/mol. The van der Waals surface area contributed by atoms with E-state index in [0.29, 0.717) is 19.8 Å². The van der Waals surface area contributed by atoms with Gasteiger partial charge in [0.25, 0.3) is 0 Å². The third-order valence-electron chi connectivity index (χ3n) is 3.24. The van der Waals surface area contributed by atoms with E-state index in [9.17, 15) is 4.79 Å². The molecule has 98 valence electrons. The van der Waals surface area contributed by atoms with Crippen LogP contribution in [0.5, 0.6) is 0 Å². The van der Waals surface area contributed by atoms with E-state index < -0.39 is 0 Å². The maximum absolute atomic E-state index is 10.9. The molecule has 0 radical (unpaired) electrons. The molecule has 4 heteroatoms. The molecule has 4 nitrogen and oxygen atoms in total. The van der Waals surface area contributed by atoms with Gasteiger partial charge < -0.3 is 14.4 Å². The first-order valence-electron chi connectivity index (χ1n) is 6.19. The molecule has 1 aliphatic rings. The van der Waals surface area contributed by atoms with Gasteiger partial charge in [0.15, 0.2) is 0 Å². The summed E-state index contributed by atoms with van der Waals surface area (Å²) in [4.78, 5) is 12.7. The Balaban J connectivity index is 1.82. The van der Waals surface area contributed by atoms with E-state index in [2.05, 4.69) is 0 Å². The first-order valence-corrected chi connectivity index (χ1v) is 6.19. The Morgan fingerprint density at radius 3 is 2.83 bits per heavy atom. The van der Waals surface area contributed by atoms with E-state index in [1.807, 2.05) is 30.3 Å². The Morgan fingerprint density at radius 2 is 2.17 bits per heavy atom. The van der Waals surface area contributed by atoms with Crippen molar-refractivity contribution in [2.45, 2.75) is 25.2 Å². The van der Waals surface area contributed by atoms with Gasteiger partial charge in [-0.05, 0) is 12.0 Å². The zero-order chi connectivity index (χ0) is 12.8. The van der Waals surface area contributed by atoms with Gasteiger partial charge in [-0.1, -0.05) is 30.3 Å². The van der Waals surface area contributed by atoms with Crippen LogP contribution >= 0.6 is 0 Å². The second kappa shape index (κ2) is 6.52. The highest BCUT2D eigenvalue weighted by Gasteiger charge is 2.31. The van der Waals surface area contributed by atoms with Crippen LogP contribution in [0.1, 0.15) is 12.0 Å². The largest absolute Gasteiger partial charge is 0.383 e. The zero-order valence-corrected chi connectivity index (χ0v) is 10.6. The van der Waals surface area contributed by atoms with Gasteiger partial charge in [-0.3, -0.25) is 4.79 Å². The monoisotopic (exact) mass is 249 g/mol. The Morgan fingerprint density at radius 1 is 1.39 bits per heavy atom. The number of likely N-dealkylation sites (tertiary alicyclic amines) is 1. The number of nitrogens with zero attached hydrogens (tertiary/aromatic N) is 1. The summed E-state index contributed by atoms with van der Waals surface area (Å²) in [6, 6.07) is 10.2. The molecular formula is C14H19NO3. The van der Waals surface area contributed by atoms with Gasteiger partial charge in [-0.2, -0.15) is 0 Å². The van der Waals surface area contributed by atoms with Gasteiger partial charge in [-0.15, -0.1) is 0 Å². The topological polar surface area (TPSA) is 38.8 Å². The van der Waals surface area contributed by atoms with E-state index in [0.717, 1.165) is 18.4 Å². The van der Waals surface area contributed by atoms with E-state index in [1.165, 1.54) is 0 Å². The van der Waals surface area contributed by atoms with Crippen molar-refractivity contribution >= 4 is 6.41 Å². The van der Waals surface area contributed by atoms with Gasteiger partial charge >= 0.3 is 0 Å². The van der Waals surface area contributed by atoms with Crippen LogP contribution in [-0.4, -0.2) is 43.7 Å². The predicted octanol–water partition coefficient (Wildman–Crippen LogP) is 1.45. The van der Waals surface area contributed by atoms with E-state index in [-0.39, 0.29) is 12.1 Å². The summed E-state index contributed by atoms with van der Waals surface area (Å²) in [6.07, 6.45) is 1.84. The number of amides is 1. The average Bonchev–Trinajstić information content (AvgIpc) is 2.80. The Labute approximate surface area is 107 Å². The van der Waals surface area contributed by atoms with Crippen LogP contribution in [0.15, 0.2) is 30.3 Å². The molecule has 2 rings (SSSR count). The number of ether oxygens (including phenoxy) is 2. The SMILES string of the molecule is COCC1CC(OCc2ccccc2)CN1C=O. The molecule has 0 spiro atoms. The highest BCUT2D eigenvalue weighted by Crippen LogP contribution is 2.20. The third kappa shape index (κ3) is 3.31. The Kier molecular flexibility index (Phi) is 4.73. The molecule has 2 unspecified atom stereocenters. The maximum atomic E-state index is 10.9. The van der Waals surface area contributed by atoms with Crippen molar-refractivity contribution in [1.82, 2.24) is 4.90 Å². The zero-order valence-electron chi connectivity index (χ0n) is 10.6. The van der Waals surface area contributed by atoms with Crippen LogP contribution in [0.25, 0.3) is 0 Å². The van der Waals surface area contributed by atoms with Crippen molar-refractivity contribution in [3.8, 4) is 0 Å². The lowest BCUT2D eigenvalue weighted by Gasteiger charge is -2.17. The fourth-order valence-corrected chi connectivity index (χ4v) is 2.29. The highest BCUT2D eigenvalue weighted by molar-refractivity contribution is 5.48. The van der Waals surface area contributed by atoms with E-state index in [1.54, 1.807) is 12.0 Å². The van der Waals surface area contributed by atoms with Crippen molar-refractivity contribution in [2.75, 3.05) is 20.3 Å². The second-order valence-corrected chi connectivity index (χ2v) is 4.57. The van der Waals surface area contributed by atoms with Gasteiger partial charge in [0.1, 0.15) is 0 Å². The van der Waals surface area contributed by atoms with Crippen LogP contribution in [-0.2, 0) is 20.9 Å². The molecule has 0 bridgehead atoms. The fourth-order valence-electron chi connectivity index (χ4n) is 2.29. The lowest BCUT2D eigenvalue weighted by Crippen LogP contribution is -2.31. The summed E-state index contributed by atoms with van der Waals surface area (Å²) >= 11 is 0. The van der Waals surface area contributed by atoms with Gasteiger partial charge in [0, 0.05) is 13.7 Å². The van der Waals surface area contributed by atoms with E-state index >= 15 is 0 Å². The lowest BCUT2D eigenvalue weighted by atomic mass is 10.2. The first kappa shape index (κ1) is 13.1. The standard InChI is InChI=1S/C14H19NO3/c1-17-10-13-7-14(8-15(13)11-16)18-9-12-5-3-2-4-6-12/h2-6,11,13-14H,7-10H2,1H3. The highest BCUT2D eigenvalue weighted by atomic mass is 16.5. The number of hydrogen-bond acceptors (Lipinski definition) is 3. The molecule has 1 aromatic rings. The van der Waals surface area contributed by atoms with Gasteiger partial charge in [-0.25, -0.2) is 0 Å². The molecule has 1 aliphatic heterocycles. The smallest absolute Gasteiger partial charge is 0.210 e. The van der Waals surface area contributed by atoms with Gasteiger partial charge in [0.05, 0.1) is 25.4 Å². The molecule has 18 heavy (non-hydrogen) atoms. The second-order valence-electron chi connectivity index (χ2n) is 4.57. The normalized spacial score (nSPS) is 23.3. The predicted molar refractivity (Wildman–Crippen MR) is 68.1 cm³/mol. The molecule has 0 aromatic heterocycles. The summed E-state index contributed by atoms with van der Waals surface area (Å²) in [5, 5.41) is 0. The van der Waals surface area contributed by atoms with Crippen molar-refractivity contribution < 1.29 is 14.3 Å². The van der Waals surface area contributed by atoms with Crippen molar-refractivity contribution in [3.05, 3.63) is 35.9 Å². The van der Waals surface area contributed by atoms with E-state index in [4.69, 9.17) is 9.47 Å². The van der Waals surface area contributed by atoms with Crippen molar-refractivity contribution in [2.24, 2.45) is 0 Å². The van der Waals surface area contributed by atoms with Crippen LogP contribution in [0.2, 0.25) is 0 Å². The quantitative estimate of drug-likeness (QED) is 0.716. The third-order valence-corrected chi connectivity index (χ3v) is 3.24. The number of methoxy groups -OCH3 is 1. The molecule has 0 aliphatic carbocycles. The minimum Gasteiger partial charge on any atom is -0.383 e. The number of benzene rings is 1. The lowest BCUT2D eigenvalue weighted by molar-refractivity contribution is -0.120. The molecule has 1 aromatic carbocycles. The van der Waals surface area contributed by atoms with Crippen molar-refractivity contribution in [3.63, 3.8) is 0 Å². The molecule has 1 fully saturated rings. The molecule has 0 saturated carbocycles.